The van der Waals surface area contributed by atoms with E-state index < -0.39 is 15.9 Å². The van der Waals surface area contributed by atoms with Gasteiger partial charge in [-0.25, -0.2) is 24.0 Å². The third-order valence-corrected chi connectivity index (χ3v) is 3.53. The predicted octanol–water partition coefficient (Wildman–Crippen LogP) is -1.09. The van der Waals surface area contributed by atoms with Crippen molar-refractivity contribution in [3.8, 4) is 0 Å². The maximum atomic E-state index is 11.8. The second-order valence-corrected chi connectivity index (χ2v) is 5.26. The molecule has 0 aromatic carbocycles. The maximum Gasteiger partial charge on any atom is 0.242 e. The maximum absolute atomic E-state index is 11.8. The Morgan fingerprint density at radius 3 is 2.61 bits per heavy atom. The average molecular weight is 273 g/mol. The van der Waals surface area contributed by atoms with Gasteiger partial charge in [-0.15, -0.1) is 0 Å². The number of rotatable bonds is 7. The van der Waals surface area contributed by atoms with E-state index in [2.05, 4.69) is 15.1 Å². The van der Waals surface area contributed by atoms with Gasteiger partial charge < -0.3 is 11.2 Å². The zero-order valence-corrected chi connectivity index (χ0v) is 10.4. The van der Waals surface area contributed by atoms with Crippen molar-refractivity contribution in [1.82, 2.24) is 9.71 Å². The molecule has 0 aliphatic carbocycles. The minimum absolute atomic E-state index is 0.0283. The van der Waals surface area contributed by atoms with Crippen molar-refractivity contribution in [3.05, 3.63) is 18.3 Å². The van der Waals surface area contributed by atoms with Crippen molar-refractivity contribution in [2.75, 3.05) is 12.0 Å². The molecule has 0 aliphatic heterocycles. The molecular formula is C9H15N5O3S. The van der Waals surface area contributed by atoms with Crippen LogP contribution in [0.2, 0.25) is 0 Å². The molecule has 0 unspecified atom stereocenters. The Morgan fingerprint density at radius 2 is 2.11 bits per heavy atom. The predicted molar refractivity (Wildman–Crippen MR) is 65.7 cm³/mol. The molecule has 6 N–H and O–H groups in total. The van der Waals surface area contributed by atoms with E-state index in [1.807, 2.05) is 0 Å². The van der Waals surface area contributed by atoms with E-state index in [9.17, 15) is 13.2 Å². The number of carbonyl (C=O) groups excluding carboxylic acids is 1. The molecule has 100 valence electrons. The zero-order chi connectivity index (χ0) is 13.6. The highest BCUT2D eigenvalue weighted by Crippen LogP contribution is 2.09. The van der Waals surface area contributed by atoms with E-state index in [4.69, 9.17) is 11.6 Å². The number of sulfonamides is 1. The number of nitrogen functional groups attached to an aromatic ring is 1. The molecule has 1 heterocycles. The van der Waals surface area contributed by atoms with Crippen molar-refractivity contribution in [2.45, 2.75) is 17.7 Å². The number of nitrogens with one attached hydrogen (secondary N) is 2. The van der Waals surface area contributed by atoms with Crippen LogP contribution in [0, 0.1) is 0 Å². The standard InChI is InChI=1S/C9H15N5O3S/c10-8(15)2-1-5-13-18(16,17)7-3-4-9(14-11)12-6-7/h3-4,6,13H,1-2,5,11H2,(H2,10,15)(H,12,14). The lowest BCUT2D eigenvalue weighted by Crippen LogP contribution is -2.26. The van der Waals surface area contributed by atoms with Crippen LogP contribution in [0.1, 0.15) is 12.8 Å². The van der Waals surface area contributed by atoms with Gasteiger partial charge in [-0.2, -0.15) is 0 Å². The van der Waals surface area contributed by atoms with E-state index >= 15 is 0 Å². The Labute approximate surface area is 105 Å². The molecule has 0 saturated heterocycles. The fraction of sp³-hybridized carbons (Fsp3) is 0.333. The summed E-state index contributed by atoms with van der Waals surface area (Å²) in [5, 5.41) is 0. The lowest BCUT2D eigenvalue weighted by atomic mass is 10.3. The Hall–Kier alpha value is -1.71. The summed E-state index contributed by atoms with van der Waals surface area (Å²) >= 11 is 0. The van der Waals surface area contributed by atoms with Crippen LogP contribution >= 0.6 is 0 Å². The number of amides is 1. The SMILES string of the molecule is NNc1ccc(S(=O)(=O)NCCCC(N)=O)cn1. The Morgan fingerprint density at radius 1 is 1.39 bits per heavy atom. The van der Waals surface area contributed by atoms with E-state index in [0.717, 1.165) is 0 Å². The number of pyridine rings is 1. The van der Waals surface area contributed by atoms with Gasteiger partial charge >= 0.3 is 0 Å². The highest BCUT2D eigenvalue weighted by Gasteiger charge is 2.13. The minimum Gasteiger partial charge on any atom is -0.370 e. The van der Waals surface area contributed by atoms with E-state index in [1.165, 1.54) is 18.3 Å². The van der Waals surface area contributed by atoms with Crippen molar-refractivity contribution in [2.24, 2.45) is 11.6 Å². The summed E-state index contributed by atoms with van der Waals surface area (Å²) in [6.45, 7) is 0.141. The van der Waals surface area contributed by atoms with Gasteiger partial charge in [0.15, 0.2) is 0 Å². The summed E-state index contributed by atoms with van der Waals surface area (Å²) in [5.41, 5.74) is 7.23. The molecule has 1 aromatic heterocycles. The topological polar surface area (TPSA) is 140 Å². The van der Waals surface area contributed by atoms with Gasteiger partial charge in [0.2, 0.25) is 15.9 Å². The van der Waals surface area contributed by atoms with Crippen molar-refractivity contribution >= 4 is 21.7 Å². The average Bonchev–Trinajstić information content (AvgIpc) is 2.34. The highest BCUT2D eigenvalue weighted by molar-refractivity contribution is 7.89. The van der Waals surface area contributed by atoms with E-state index in [1.54, 1.807) is 0 Å². The molecule has 1 amide bonds. The number of aromatic nitrogens is 1. The molecule has 0 aliphatic rings. The van der Waals surface area contributed by atoms with Crippen LogP contribution < -0.4 is 21.7 Å². The number of primary amides is 1. The Balaban J connectivity index is 2.59. The third-order valence-electron chi connectivity index (χ3n) is 2.09. The second-order valence-electron chi connectivity index (χ2n) is 3.49. The molecule has 0 atom stereocenters. The molecule has 0 fully saturated rings. The Kier molecular flexibility index (Phi) is 5.01. The van der Waals surface area contributed by atoms with Gasteiger partial charge in [-0.3, -0.25) is 4.79 Å². The number of hydrogen-bond donors (Lipinski definition) is 4. The monoisotopic (exact) mass is 273 g/mol. The van der Waals surface area contributed by atoms with Crippen LogP contribution in [0.5, 0.6) is 0 Å². The smallest absolute Gasteiger partial charge is 0.242 e. The first-order chi connectivity index (χ1) is 8.45. The molecule has 0 saturated carbocycles. The number of hydrazine groups is 1. The van der Waals surface area contributed by atoms with Crippen molar-refractivity contribution in [3.63, 3.8) is 0 Å². The lowest BCUT2D eigenvalue weighted by Gasteiger charge is -2.06. The minimum atomic E-state index is -3.62. The lowest BCUT2D eigenvalue weighted by molar-refractivity contribution is -0.118. The van der Waals surface area contributed by atoms with Crippen LogP contribution in [-0.2, 0) is 14.8 Å². The number of hydrogen-bond acceptors (Lipinski definition) is 6. The fourth-order valence-corrected chi connectivity index (χ4v) is 2.20. The number of nitrogens with two attached hydrogens (primary N) is 2. The summed E-state index contributed by atoms with van der Waals surface area (Å²) in [6, 6.07) is 2.82. The first-order valence-electron chi connectivity index (χ1n) is 5.16. The Bertz CT molecular complexity index is 499. The van der Waals surface area contributed by atoms with Gasteiger partial charge in [-0.05, 0) is 18.6 Å². The van der Waals surface area contributed by atoms with Gasteiger partial charge in [0.05, 0.1) is 0 Å². The van der Waals surface area contributed by atoms with Gasteiger partial charge in [0, 0.05) is 19.2 Å². The molecular weight excluding hydrogens is 258 g/mol. The van der Waals surface area contributed by atoms with Crippen LogP contribution in [0.3, 0.4) is 0 Å². The van der Waals surface area contributed by atoms with Crippen LogP contribution in [0.25, 0.3) is 0 Å². The van der Waals surface area contributed by atoms with Gasteiger partial charge in [-0.1, -0.05) is 0 Å². The second kappa shape index (κ2) is 6.28. The molecule has 18 heavy (non-hydrogen) atoms. The molecule has 0 radical (unpaired) electrons. The normalized spacial score (nSPS) is 11.2. The summed E-state index contributed by atoms with van der Waals surface area (Å²) in [4.78, 5) is 14.3. The third kappa shape index (κ3) is 4.28. The molecule has 0 bridgehead atoms. The first-order valence-corrected chi connectivity index (χ1v) is 6.64. The summed E-state index contributed by atoms with van der Waals surface area (Å²) in [7, 11) is -3.62. The molecule has 8 nitrogen and oxygen atoms in total. The van der Waals surface area contributed by atoms with E-state index in [0.29, 0.717) is 12.2 Å². The van der Waals surface area contributed by atoms with Gasteiger partial charge in [0.25, 0.3) is 0 Å². The molecule has 1 rings (SSSR count). The van der Waals surface area contributed by atoms with E-state index in [-0.39, 0.29) is 17.9 Å². The number of anilines is 1. The number of nitrogens with zero attached hydrogens (tertiary/aromatic N) is 1. The fourth-order valence-electron chi connectivity index (χ4n) is 1.18. The first kappa shape index (κ1) is 14.4. The van der Waals surface area contributed by atoms with Crippen LogP contribution in [-0.4, -0.2) is 25.9 Å². The summed E-state index contributed by atoms with van der Waals surface area (Å²) in [6.07, 6.45) is 1.67. The summed E-state index contributed by atoms with van der Waals surface area (Å²) in [5.74, 6) is 5.01. The molecule has 0 spiro atoms. The van der Waals surface area contributed by atoms with Gasteiger partial charge in [0.1, 0.15) is 10.7 Å². The molecule has 9 heteroatoms. The largest absolute Gasteiger partial charge is 0.370 e. The quantitative estimate of drug-likeness (QED) is 0.283. The zero-order valence-electron chi connectivity index (χ0n) is 9.59. The van der Waals surface area contributed by atoms with Crippen molar-refractivity contribution in [1.29, 1.82) is 0 Å². The summed E-state index contributed by atoms with van der Waals surface area (Å²) < 4.78 is 25.9. The molecule has 1 aromatic rings. The van der Waals surface area contributed by atoms with Crippen LogP contribution in [0.15, 0.2) is 23.2 Å². The van der Waals surface area contributed by atoms with Crippen molar-refractivity contribution < 1.29 is 13.2 Å². The van der Waals surface area contributed by atoms with Crippen LogP contribution in [0.4, 0.5) is 5.82 Å². The number of carbonyl (C=O) groups is 1. The highest BCUT2D eigenvalue weighted by atomic mass is 32.2.